The van der Waals surface area contributed by atoms with Crippen LogP contribution in [0, 0.1) is 0 Å². The fourth-order valence-electron chi connectivity index (χ4n) is 2.54. The predicted molar refractivity (Wildman–Crippen MR) is 99.6 cm³/mol. The smallest absolute Gasteiger partial charge is 0.287 e. The highest BCUT2D eigenvalue weighted by atomic mass is 16.5. The molecule has 0 bridgehead atoms. The van der Waals surface area contributed by atoms with E-state index in [0.717, 1.165) is 22.6 Å². The number of furan rings is 1. The zero-order chi connectivity index (χ0) is 18.2. The van der Waals surface area contributed by atoms with E-state index < -0.39 is 0 Å². The maximum Gasteiger partial charge on any atom is 0.287 e. The highest BCUT2D eigenvalue weighted by Gasteiger charge is 2.16. The highest BCUT2D eigenvalue weighted by Crippen LogP contribution is 2.24. The van der Waals surface area contributed by atoms with Crippen molar-refractivity contribution < 1.29 is 18.7 Å². The summed E-state index contributed by atoms with van der Waals surface area (Å²) in [7, 11) is 0. The summed E-state index contributed by atoms with van der Waals surface area (Å²) in [6, 6.07) is 18.8. The molecule has 0 aliphatic carbocycles. The Bertz CT molecular complexity index is 825. The van der Waals surface area contributed by atoms with Crippen molar-refractivity contribution in [2.45, 2.75) is 6.92 Å². The molecule has 2 aromatic carbocycles. The van der Waals surface area contributed by atoms with Gasteiger partial charge in [-0.15, -0.1) is 0 Å². The predicted octanol–water partition coefficient (Wildman–Crippen LogP) is 4.15. The molecule has 0 atom stereocenters. The summed E-state index contributed by atoms with van der Waals surface area (Å²) in [4.78, 5) is 12.4. The van der Waals surface area contributed by atoms with E-state index in [1.165, 1.54) is 6.26 Å². The number of nitrogens with one attached hydrogen (secondary N) is 1. The van der Waals surface area contributed by atoms with Gasteiger partial charge in [-0.25, -0.2) is 0 Å². The first-order chi connectivity index (χ1) is 12.8. The molecule has 0 saturated carbocycles. The molecule has 0 unspecified atom stereocenters. The third-order valence-electron chi connectivity index (χ3n) is 3.75. The largest absolute Gasteiger partial charge is 0.494 e. The lowest BCUT2D eigenvalue weighted by atomic mass is 10.1. The van der Waals surface area contributed by atoms with Crippen molar-refractivity contribution in [2.24, 2.45) is 0 Å². The molecule has 134 valence electrons. The molecule has 1 N–H and O–H groups in total. The maximum absolute atomic E-state index is 12.4. The van der Waals surface area contributed by atoms with Crippen molar-refractivity contribution in [3.8, 4) is 22.6 Å². The summed E-state index contributed by atoms with van der Waals surface area (Å²) in [5, 5.41) is 2.81. The van der Waals surface area contributed by atoms with Crippen molar-refractivity contribution in [2.75, 3.05) is 19.8 Å². The van der Waals surface area contributed by atoms with Gasteiger partial charge in [-0.3, -0.25) is 4.79 Å². The van der Waals surface area contributed by atoms with E-state index in [1.54, 1.807) is 6.07 Å². The van der Waals surface area contributed by atoms with Gasteiger partial charge < -0.3 is 19.2 Å². The number of hydrogen-bond donors (Lipinski definition) is 1. The number of hydrogen-bond acceptors (Lipinski definition) is 4. The van der Waals surface area contributed by atoms with E-state index in [2.05, 4.69) is 5.32 Å². The summed E-state index contributed by atoms with van der Waals surface area (Å²) in [5.74, 6) is 1.58. The second-order valence-electron chi connectivity index (χ2n) is 5.54. The molecule has 0 spiro atoms. The lowest BCUT2D eigenvalue weighted by molar-refractivity contribution is 0.0920. The van der Waals surface area contributed by atoms with E-state index in [9.17, 15) is 4.79 Å². The van der Waals surface area contributed by atoms with Gasteiger partial charge in [-0.2, -0.15) is 0 Å². The lowest BCUT2D eigenvalue weighted by Crippen LogP contribution is -2.28. The Morgan fingerprint density at radius 2 is 1.65 bits per heavy atom. The monoisotopic (exact) mass is 351 g/mol. The van der Waals surface area contributed by atoms with Crippen LogP contribution in [-0.2, 0) is 0 Å². The van der Waals surface area contributed by atoms with Crippen LogP contribution in [0.25, 0.3) is 11.1 Å². The Labute approximate surface area is 152 Å². The van der Waals surface area contributed by atoms with Crippen LogP contribution in [0.4, 0.5) is 0 Å². The molecule has 1 heterocycles. The molecule has 3 aromatic rings. The second kappa shape index (κ2) is 8.76. The van der Waals surface area contributed by atoms with Gasteiger partial charge in [0.2, 0.25) is 0 Å². The quantitative estimate of drug-likeness (QED) is 0.619. The standard InChI is InChI=1S/C21H21NO4/c1-2-24-17-8-10-18(11-9-17)25-15-13-22-21(23)20-19(12-14-26-20)16-6-4-3-5-7-16/h3-12,14H,2,13,15H2,1H3,(H,22,23). The van der Waals surface area contributed by atoms with Crippen LogP contribution in [0.15, 0.2) is 71.3 Å². The number of amides is 1. The van der Waals surface area contributed by atoms with Gasteiger partial charge in [0.1, 0.15) is 18.1 Å². The number of ether oxygens (including phenoxy) is 2. The first kappa shape index (κ1) is 17.6. The molecule has 0 radical (unpaired) electrons. The Morgan fingerprint density at radius 3 is 2.35 bits per heavy atom. The molecule has 5 heteroatoms. The zero-order valence-electron chi connectivity index (χ0n) is 14.6. The fraction of sp³-hybridized carbons (Fsp3) is 0.190. The first-order valence-corrected chi connectivity index (χ1v) is 8.54. The van der Waals surface area contributed by atoms with Crippen molar-refractivity contribution in [3.63, 3.8) is 0 Å². The number of rotatable bonds is 8. The Morgan fingerprint density at radius 1 is 0.962 bits per heavy atom. The zero-order valence-corrected chi connectivity index (χ0v) is 14.6. The van der Waals surface area contributed by atoms with Gasteiger partial charge in [-0.1, -0.05) is 30.3 Å². The van der Waals surface area contributed by atoms with E-state index in [1.807, 2.05) is 61.5 Å². The summed E-state index contributed by atoms with van der Waals surface area (Å²) in [6.07, 6.45) is 1.52. The molecule has 0 aliphatic heterocycles. The van der Waals surface area contributed by atoms with Crippen LogP contribution in [0.5, 0.6) is 11.5 Å². The highest BCUT2D eigenvalue weighted by molar-refractivity contribution is 5.98. The van der Waals surface area contributed by atoms with E-state index in [4.69, 9.17) is 13.9 Å². The van der Waals surface area contributed by atoms with Crippen molar-refractivity contribution >= 4 is 5.91 Å². The van der Waals surface area contributed by atoms with Crippen molar-refractivity contribution in [1.29, 1.82) is 0 Å². The van der Waals surface area contributed by atoms with E-state index in [0.29, 0.717) is 25.5 Å². The van der Waals surface area contributed by atoms with E-state index >= 15 is 0 Å². The molecule has 1 amide bonds. The molecule has 0 fully saturated rings. The van der Waals surface area contributed by atoms with Crippen LogP contribution in [0.2, 0.25) is 0 Å². The topological polar surface area (TPSA) is 60.7 Å². The Kier molecular flexibility index (Phi) is 5.93. The fourth-order valence-corrected chi connectivity index (χ4v) is 2.54. The molecule has 1 aromatic heterocycles. The van der Waals surface area contributed by atoms with Crippen LogP contribution < -0.4 is 14.8 Å². The van der Waals surface area contributed by atoms with Crippen LogP contribution in [0.1, 0.15) is 17.5 Å². The molecular weight excluding hydrogens is 330 g/mol. The minimum absolute atomic E-state index is 0.260. The van der Waals surface area contributed by atoms with Gasteiger partial charge in [-0.05, 0) is 42.8 Å². The first-order valence-electron chi connectivity index (χ1n) is 8.54. The minimum atomic E-state index is -0.260. The molecular formula is C21H21NO4. The minimum Gasteiger partial charge on any atom is -0.494 e. The maximum atomic E-state index is 12.4. The third-order valence-corrected chi connectivity index (χ3v) is 3.75. The van der Waals surface area contributed by atoms with Gasteiger partial charge in [0.05, 0.1) is 19.4 Å². The van der Waals surface area contributed by atoms with Crippen molar-refractivity contribution in [3.05, 3.63) is 72.7 Å². The Hall–Kier alpha value is -3.21. The Balaban J connectivity index is 1.50. The van der Waals surface area contributed by atoms with Gasteiger partial charge >= 0.3 is 0 Å². The second-order valence-corrected chi connectivity index (χ2v) is 5.54. The summed E-state index contributed by atoms with van der Waals surface area (Å²) in [6.45, 7) is 3.31. The molecule has 3 rings (SSSR count). The third kappa shape index (κ3) is 4.45. The van der Waals surface area contributed by atoms with E-state index in [-0.39, 0.29) is 5.91 Å². The number of carbonyl (C=O) groups excluding carboxylic acids is 1. The number of benzene rings is 2. The summed E-state index contributed by atoms with van der Waals surface area (Å²) < 4.78 is 16.4. The number of carbonyl (C=O) groups is 1. The van der Waals surface area contributed by atoms with Crippen molar-refractivity contribution in [1.82, 2.24) is 5.32 Å². The van der Waals surface area contributed by atoms with Gasteiger partial charge in [0.25, 0.3) is 5.91 Å². The molecule has 0 saturated heterocycles. The molecule has 0 aliphatic rings. The van der Waals surface area contributed by atoms with Crippen LogP contribution in [0.3, 0.4) is 0 Å². The summed E-state index contributed by atoms with van der Waals surface area (Å²) >= 11 is 0. The average Bonchev–Trinajstić information content (AvgIpc) is 3.17. The van der Waals surface area contributed by atoms with Gasteiger partial charge in [0.15, 0.2) is 5.76 Å². The van der Waals surface area contributed by atoms with Gasteiger partial charge in [0, 0.05) is 5.56 Å². The SMILES string of the molecule is CCOc1ccc(OCCNC(=O)c2occc2-c2ccccc2)cc1. The summed E-state index contributed by atoms with van der Waals surface area (Å²) in [5.41, 5.74) is 1.72. The van der Waals surface area contributed by atoms with Crippen LogP contribution in [-0.4, -0.2) is 25.7 Å². The molecule has 26 heavy (non-hydrogen) atoms. The van der Waals surface area contributed by atoms with Crippen LogP contribution >= 0.6 is 0 Å². The average molecular weight is 351 g/mol. The normalized spacial score (nSPS) is 10.3. The molecule has 5 nitrogen and oxygen atoms in total. The lowest BCUT2D eigenvalue weighted by Gasteiger charge is -2.09.